The van der Waals surface area contributed by atoms with Crippen molar-refractivity contribution in [3.05, 3.63) is 36.4 Å². The minimum Gasteiger partial charge on any atom is -0.494 e. The highest BCUT2D eigenvalue weighted by molar-refractivity contribution is 5.80. The quantitative estimate of drug-likeness (QED) is 0.115. The number of nitrogens with one attached hydrogen (secondary N) is 1. The number of carbonyl (C=O) groups excluding carboxylic acids is 2. The Kier molecular flexibility index (Phi) is 11.8. The van der Waals surface area contributed by atoms with Crippen LogP contribution in [0.25, 0.3) is 0 Å². The number of hydrogen-bond acceptors (Lipinski definition) is 6. The van der Waals surface area contributed by atoms with Gasteiger partial charge in [-0.15, -0.1) is 0 Å². The average molecular weight is 536 g/mol. The van der Waals surface area contributed by atoms with Crippen molar-refractivity contribution in [2.45, 2.75) is 63.9 Å². The van der Waals surface area contributed by atoms with Crippen LogP contribution in [0.5, 0.6) is 0 Å². The number of nitrogens with zero attached hydrogens (tertiary/aromatic N) is 2. The maximum absolute atomic E-state index is 14.6. The van der Waals surface area contributed by atoms with Gasteiger partial charge in [0, 0.05) is 44.7 Å². The number of aliphatic hydroxyl groups excluding tert-OH is 2. The second-order valence-electron chi connectivity index (χ2n) is 11.3. The van der Waals surface area contributed by atoms with Crippen LogP contribution in [0.3, 0.4) is 0 Å². The van der Waals surface area contributed by atoms with Gasteiger partial charge in [0.25, 0.3) is 0 Å². The van der Waals surface area contributed by atoms with Gasteiger partial charge >= 0.3 is 0 Å². The third kappa shape index (κ3) is 8.64. The Morgan fingerprint density at radius 2 is 1.95 bits per heavy atom. The Morgan fingerprint density at radius 1 is 1.21 bits per heavy atom. The molecule has 3 fully saturated rings. The van der Waals surface area contributed by atoms with Crippen molar-refractivity contribution in [2.24, 2.45) is 17.3 Å². The normalized spacial score (nSPS) is 22.0. The number of hydrogen-bond donors (Lipinski definition) is 3. The highest BCUT2D eigenvalue weighted by Gasteiger charge is 2.47. The van der Waals surface area contributed by atoms with Gasteiger partial charge in [0.05, 0.1) is 25.7 Å². The summed E-state index contributed by atoms with van der Waals surface area (Å²) in [5.41, 5.74) is 0.461. The Morgan fingerprint density at radius 3 is 2.58 bits per heavy atom. The van der Waals surface area contributed by atoms with Gasteiger partial charge in [-0.05, 0) is 74.8 Å². The van der Waals surface area contributed by atoms with E-state index in [0.717, 1.165) is 64.7 Å². The zero-order valence-corrected chi connectivity index (χ0v) is 22.7. The molecule has 3 N–H and O–H groups in total. The number of likely N-dealkylation sites (tertiary alicyclic amines) is 2. The minimum absolute atomic E-state index is 0.0641. The van der Waals surface area contributed by atoms with Crippen LogP contribution in [0.2, 0.25) is 0 Å². The average Bonchev–Trinajstić information content (AvgIpc) is 2.88. The lowest BCUT2D eigenvalue weighted by Gasteiger charge is -2.53. The fraction of sp³-hybridized carbons (Fsp3) is 0.724. The number of ether oxygens (including phenoxy) is 1. The maximum atomic E-state index is 14.6. The maximum Gasteiger partial charge on any atom is 0.227 e. The van der Waals surface area contributed by atoms with Crippen LogP contribution < -0.4 is 5.32 Å². The molecule has 2 saturated heterocycles. The van der Waals surface area contributed by atoms with Gasteiger partial charge in [-0.2, -0.15) is 0 Å². The molecule has 0 bridgehead atoms. The first kappa shape index (κ1) is 30.3. The summed E-state index contributed by atoms with van der Waals surface area (Å²) in [7, 11) is 0. The van der Waals surface area contributed by atoms with Crippen molar-refractivity contribution in [2.75, 3.05) is 52.5 Å². The fourth-order valence-electron chi connectivity index (χ4n) is 5.87. The molecule has 8 nitrogen and oxygen atoms in total. The topological polar surface area (TPSA) is 102 Å². The first-order chi connectivity index (χ1) is 18.3. The van der Waals surface area contributed by atoms with Crippen LogP contribution >= 0.6 is 0 Å². The first-order valence-electron chi connectivity index (χ1n) is 14.1. The number of halogens is 1. The zero-order chi connectivity index (χ0) is 27.5. The fourth-order valence-corrected chi connectivity index (χ4v) is 5.87. The van der Waals surface area contributed by atoms with Crippen LogP contribution in [-0.4, -0.2) is 90.9 Å². The summed E-state index contributed by atoms with van der Waals surface area (Å²) in [5.74, 6) is 0.495. The molecule has 2 amide bonds. The molecule has 0 radical (unpaired) electrons. The number of aliphatic hydroxyl groups is 2. The molecule has 0 aromatic carbocycles. The number of unbranched alkanes of at least 4 members (excludes halogenated alkanes) is 1. The second-order valence-corrected chi connectivity index (χ2v) is 11.3. The lowest BCUT2D eigenvalue weighted by molar-refractivity contribution is -0.136. The van der Waals surface area contributed by atoms with E-state index in [9.17, 15) is 19.1 Å². The lowest BCUT2D eigenvalue weighted by atomic mass is 9.55. The molecular weight excluding hydrogens is 489 g/mol. The number of rotatable bonds is 17. The van der Waals surface area contributed by atoms with Crippen LogP contribution in [0.1, 0.15) is 57.8 Å². The van der Waals surface area contributed by atoms with E-state index in [1.807, 2.05) is 4.90 Å². The summed E-state index contributed by atoms with van der Waals surface area (Å²) in [6.45, 7) is 12.4. The molecule has 9 heteroatoms. The van der Waals surface area contributed by atoms with Gasteiger partial charge in [-0.25, -0.2) is 4.39 Å². The molecule has 2 heterocycles. The van der Waals surface area contributed by atoms with E-state index in [1.54, 1.807) is 4.90 Å². The molecule has 3 aliphatic rings. The van der Waals surface area contributed by atoms with Gasteiger partial charge in [-0.3, -0.25) is 9.59 Å². The lowest BCUT2D eigenvalue weighted by Crippen LogP contribution is -2.53. The third-order valence-electron chi connectivity index (χ3n) is 8.64. The van der Waals surface area contributed by atoms with Crippen molar-refractivity contribution in [1.29, 1.82) is 0 Å². The summed E-state index contributed by atoms with van der Waals surface area (Å²) in [5, 5.41) is 21.5. The zero-order valence-electron chi connectivity index (χ0n) is 22.7. The monoisotopic (exact) mass is 535 g/mol. The summed E-state index contributed by atoms with van der Waals surface area (Å²) in [4.78, 5) is 27.0. The summed E-state index contributed by atoms with van der Waals surface area (Å²) >= 11 is 0. The molecule has 214 valence electrons. The Labute approximate surface area is 226 Å². The number of amides is 2. The van der Waals surface area contributed by atoms with Gasteiger partial charge in [-0.1, -0.05) is 13.2 Å². The Balaban J connectivity index is 1.25. The van der Waals surface area contributed by atoms with Gasteiger partial charge in [0.15, 0.2) is 0 Å². The van der Waals surface area contributed by atoms with Crippen molar-refractivity contribution in [1.82, 2.24) is 15.1 Å². The predicted molar refractivity (Wildman–Crippen MR) is 145 cm³/mol. The van der Waals surface area contributed by atoms with Crippen LogP contribution in [0.4, 0.5) is 4.39 Å². The molecule has 1 aliphatic carbocycles. The molecule has 1 spiro atoms. The van der Waals surface area contributed by atoms with Crippen LogP contribution in [0.15, 0.2) is 36.4 Å². The predicted octanol–water partition coefficient (Wildman–Crippen LogP) is 2.93. The van der Waals surface area contributed by atoms with Crippen LogP contribution in [0, 0.1) is 17.3 Å². The van der Waals surface area contributed by atoms with E-state index in [2.05, 4.69) is 18.5 Å². The molecule has 2 atom stereocenters. The Bertz CT molecular complexity index is 849. The van der Waals surface area contributed by atoms with E-state index in [0.29, 0.717) is 43.4 Å². The SMILES string of the molecule is C=C(/C=C(/F)C(=C)CC(=O)N1CC(CNCCCC[C@H](O)CO)C1)OCCC1CCC12CCN(C=O)CC2. The van der Waals surface area contributed by atoms with E-state index in [-0.39, 0.29) is 30.3 Å². The standard InChI is InChI=1S/C29H46FN3O5/c1-22(15-28(37)33-18-24(19-33)17-31-11-4-3-5-26(36)20-34)27(30)16-23(2)38-14-7-25-6-8-29(25)9-12-32(21-35)13-10-29/h16,21,24-26,31,34,36H,1-15,17-20H2/b27-16+/t25?,26-/m0/s1. The van der Waals surface area contributed by atoms with Gasteiger partial charge < -0.3 is 30.1 Å². The minimum atomic E-state index is -0.633. The highest BCUT2D eigenvalue weighted by atomic mass is 19.1. The number of carbonyl (C=O) groups is 2. The summed E-state index contributed by atoms with van der Waals surface area (Å²) < 4.78 is 20.3. The van der Waals surface area contributed by atoms with Crippen molar-refractivity contribution < 1.29 is 28.9 Å². The van der Waals surface area contributed by atoms with E-state index >= 15 is 0 Å². The number of allylic oxidation sites excluding steroid dienone is 2. The third-order valence-corrected chi connectivity index (χ3v) is 8.64. The smallest absolute Gasteiger partial charge is 0.227 e. The largest absolute Gasteiger partial charge is 0.494 e. The van der Waals surface area contributed by atoms with E-state index in [1.165, 1.54) is 18.9 Å². The molecule has 38 heavy (non-hydrogen) atoms. The van der Waals surface area contributed by atoms with Gasteiger partial charge in [0.2, 0.25) is 12.3 Å². The molecule has 2 aliphatic heterocycles. The molecule has 0 aromatic heterocycles. The number of piperidine rings is 1. The Hall–Kier alpha value is -2.23. The van der Waals surface area contributed by atoms with Crippen molar-refractivity contribution in [3.63, 3.8) is 0 Å². The first-order valence-corrected chi connectivity index (χ1v) is 14.1. The molecule has 0 aromatic rings. The van der Waals surface area contributed by atoms with Crippen molar-refractivity contribution >= 4 is 12.3 Å². The van der Waals surface area contributed by atoms with Crippen LogP contribution in [-0.2, 0) is 14.3 Å². The summed E-state index contributed by atoms with van der Waals surface area (Å²) in [6.07, 6.45) is 9.21. The highest BCUT2D eigenvalue weighted by Crippen LogP contribution is 2.55. The molecule has 1 saturated carbocycles. The molecule has 1 unspecified atom stereocenters. The van der Waals surface area contributed by atoms with Crippen molar-refractivity contribution in [3.8, 4) is 0 Å². The molecular formula is C29H46FN3O5. The van der Waals surface area contributed by atoms with E-state index in [4.69, 9.17) is 9.84 Å². The summed E-state index contributed by atoms with van der Waals surface area (Å²) in [6, 6.07) is 0. The van der Waals surface area contributed by atoms with Gasteiger partial charge in [0.1, 0.15) is 11.6 Å². The second kappa shape index (κ2) is 14.8. The molecule has 3 rings (SSSR count). The van der Waals surface area contributed by atoms with E-state index < -0.39 is 11.9 Å².